The number of carbonyl (C=O) groups is 1. The third-order valence-electron chi connectivity index (χ3n) is 5.00. The normalized spacial score (nSPS) is 16.8. The Morgan fingerprint density at radius 1 is 1.25 bits per heavy atom. The average molecular weight is 400 g/mol. The van der Waals surface area contributed by atoms with Crippen LogP contribution in [0.1, 0.15) is 34.9 Å². The summed E-state index contributed by atoms with van der Waals surface area (Å²) in [5.74, 6) is 0.365. The lowest BCUT2D eigenvalue weighted by Gasteiger charge is -2.16. The number of amides is 1. The number of rotatable bonds is 4. The standard InChI is InChI=1S/C21H19ClFN3O2/c1-12-3-4-13(2)16(7-12)20-24-21(28-25-20)15-9-19(27)26(11-15)10-14-5-6-18(23)17(22)8-14/h3-8,15H,9-11H2,1-2H3. The van der Waals surface area contributed by atoms with E-state index in [2.05, 4.69) is 10.1 Å². The molecule has 1 unspecified atom stereocenters. The van der Waals surface area contributed by atoms with Crippen molar-refractivity contribution in [1.29, 1.82) is 0 Å². The van der Waals surface area contributed by atoms with E-state index in [1.807, 2.05) is 32.0 Å². The minimum Gasteiger partial charge on any atom is -0.339 e. The number of benzene rings is 2. The summed E-state index contributed by atoms with van der Waals surface area (Å²) in [7, 11) is 0. The number of aryl methyl sites for hydroxylation is 2. The molecule has 0 saturated carbocycles. The zero-order valence-electron chi connectivity index (χ0n) is 15.6. The molecule has 144 valence electrons. The molecule has 3 aromatic rings. The molecule has 1 aromatic heterocycles. The Kier molecular flexibility index (Phi) is 4.89. The fourth-order valence-corrected chi connectivity index (χ4v) is 3.64. The van der Waals surface area contributed by atoms with Gasteiger partial charge in [0.25, 0.3) is 0 Å². The molecule has 1 aliphatic rings. The topological polar surface area (TPSA) is 59.2 Å². The highest BCUT2D eigenvalue weighted by Gasteiger charge is 2.34. The van der Waals surface area contributed by atoms with Gasteiger partial charge in [-0.2, -0.15) is 4.98 Å². The Labute approximate surface area is 167 Å². The molecule has 7 heteroatoms. The minimum atomic E-state index is -0.471. The second-order valence-corrected chi connectivity index (χ2v) is 7.61. The van der Waals surface area contributed by atoms with Gasteiger partial charge in [0, 0.05) is 25.1 Å². The molecule has 0 spiro atoms. The summed E-state index contributed by atoms with van der Waals surface area (Å²) < 4.78 is 18.8. The van der Waals surface area contributed by atoms with Crippen LogP contribution in [0.25, 0.3) is 11.4 Å². The number of hydrogen-bond acceptors (Lipinski definition) is 4. The molecule has 1 fully saturated rings. The van der Waals surface area contributed by atoms with Crippen LogP contribution in [0.15, 0.2) is 40.9 Å². The fourth-order valence-electron chi connectivity index (χ4n) is 3.44. The van der Waals surface area contributed by atoms with Crippen molar-refractivity contribution in [3.05, 3.63) is 69.8 Å². The van der Waals surface area contributed by atoms with Crippen molar-refractivity contribution < 1.29 is 13.7 Å². The van der Waals surface area contributed by atoms with E-state index in [1.165, 1.54) is 6.07 Å². The van der Waals surface area contributed by atoms with Crippen LogP contribution in [0.3, 0.4) is 0 Å². The lowest BCUT2D eigenvalue weighted by Crippen LogP contribution is -2.24. The van der Waals surface area contributed by atoms with Gasteiger partial charge in [-0.15, -0.1) is 0 Å². The number of hydrogen-bond donors (Lipinski definition) is 0. The van der Waals surface area contributed by atoms with Crippen LogP contribution in [0.2, 0.25) is 5.02 Å². The SMILES string of the molecule is Cc1ccc(C)c(-c2noc(C3CC(=O)N(Cc4ccc(F)c(Cl)c4)C3)n2)c1. The summed E-state index contributed by atoms with van der Waals surface area (Å²) in [6, 6.07) is 10.6. The quantitative estimate of drug-likeness (QED) is 0.640. The number of halogens is 2. The molecule has 1 saturated heterocycles. The summed E-state index contributed by atoms with van der Waals surface area (Å²) in [5, 5.41) is 4.16. The third kappa shape index (κ3) is 3.64. The molecule has 2 aromatic carbocycles. The molecule has 0 bridgehead atoms. The Hall–Kier alpha value is -2.73. The van der Waals surface area contributed by atoms with E-state index in [-0.39, 0.29) is 16.8 Å². The number of aromatic nitrogens is 2. The number of nitrogens with zero attached hydrogens (tertiary/aromatic N) is 3. The maximum atomic E-state index is 13.3. The van der Waals surface area contributed by atoms with Gasteiger partial charge in [-0.1, -0.05) is 40.5 Å². The van der Waals surface area contributed by atoms with Gasteiger partial charge in [0.1, 0.15) is 5.82 Å². The van der Waals surface area contributed by atoms with Gasteiger partial charge in [0.15, 0.2) is 0 Å². The predicted octanol–water partition coefficient (Wildman–Crippen LogP) is 4.66. The molecule has 0 N–H and O–H groups in total. The molecule has 4 rings (SSSR count). The summed E-state index contributed by atoms with van der Waals surface area (Å²) in [5.41, 5.74) is 3.89. The molecule has 5 nitrogen and oxygen atoms in total. The van der Waals surface area contributed by atoms with Gasteiger partial charge in [-0.05, 0) is 43.2 Å². The summed E-state index contributed by atoms with van der Waals surface area (Å²) in [6.07, 6.45) is 0.309. The van der Waals surface area contributed by atoms with Gasteiger partial charge in [-0.25, -0.2) is 4.39 Å². The van der Waals surface area contributed by atoms with Crippen LogP contribution < -0.4 is 0 Å². The van der Waals surface area contributed by atoms with Crippen LogP contribution in [0.4, 0.5) is 4.39 Å². The minimum absolute atomic E-state index is 0.00284. The van der Waals surface area contributed by atoms with E-state index in [4.69, 9.17) is 16.1 Å². The highest BCUT2D eigenvalue weighted by molar-refractivity contribution is 6.30. The van der Waals surface area contributed by atoms with Crippen LogP contribution >= 0.6 is 11.6 Å². The van der Waals surface area contributed by atoms with E-state index < -0.39 is 5.82 Å². The molecule has 0 aliphatic carbocycles. The van der Waals surface area contributed by atoms with Gasteiger partial charge in [0.2, 0.25) is 17.6 Å². The number of likely N-dealkylation sites (tertiary alicyclic amines) is 1. The fraction of sp³-hybridized carbons (Fsp3) is 0.286. The first kappa shape index (κ1) is 18.6. The Morgan fingerprint density at radius 2 is 2.07 bits per heavy atom. The third-order valence-corrected chi connectivity index (χ3v) is 5.29. The largest absolute Gasteiger partial charge is 0.339 e. The first-order valence-electron chi connectivity index (χ1n) is 9.03. The first-order valence-corrected chi connectivity index (χ1v) is 9.41. The van der Waals surface area contributed by atoms with E-state index >= 15 is 0 Å². The zero-order chi connectivity index (χ0) is 19.8. The van der Waals surface area contributed by atoms with Gasteiger partial charge in [-0.3, -0.25) is 4.79 Å². The lowest BCUT2D eigenvalue weighted by molar-refractivity contribution is -0.128. The Morgan fingerprint density at radius 3 is 2.86 bits per heavy atom. The zero-order valence-corrected chi connectivity index (χ0v) is 16.3. The van der Waals surface area contributed by atoms with Crippen LogP contribution in [0, 0.1) is 19.7 Å². The van der Waals surface area contributed by atoms with Crippen LogP contribution in [0.5, 0.6) is 0 Å². The molecule has 1 aliphatic heterocycles. The molecule has 0 radical (unpaired) electrons. The molecule has 28 heavy (non-hydrogen) atoms. The van der Waals surface area contributed by atoms with Crippen molar-refractivity contribution in [2.45, 2.75) is 32.7 Å². The van der Waals surface area contributed by atoms with E-state index in [0.717, 1.165) is 22.3 Å². The van der Waals surface area contributed by atoms with E-state index in [9.17, 15) is 9.18 Å². The molecule has 2 heterocycles. The smallest absolute Gasteiger partial charge is 0.232 e. The molecular formula is C21H19ClFN3O2. The maximum Gasteiger partial charge on any atom is 0.232 e. The van der Waals surface area contributed by atoms with Crippen molar-refractivity contribution in [2.75, 3.05) is 6.54 Å². The maximum absolute atomic E-state index is 13.3. The van der Waals surface area contributed by atoms with E-state index in [1.54, 1.807) is 17.0 Å². The lowest BCUT2D eigenvalue weighted by atomic mass is 10.1. The van der Waals surface area contributed by atoms with Gasteiger partial charge >= 0.3 is 0 Å². The molecule has 1 amide bonds. The summed E-state index contributed by atoms with van der Waals surface area (Å²) in [4.78, 5) is 18.7. The second-order valence-electron chi connectivity index (χ2n) is 7.20. The van der Waals surface area contributed by atoms with E-state index in [0.29, 0.717) is 31.2 Å². The Bertz CT molecular complexity index is 1050. The first-order chi connectivity index (χ1) is 13.4. The summed E-state index contributed by atoms with van der Waals surface area (Å²) >= 11 is 5.83. The van der Waals surface area contributed by atoms with Crippen molar-refractivity contribution >= 4 is 17.5 Å². The monoisotopic (exact) mass is 399 g/mol. The summed E-state index contributed by atoms with van der Waals surface area (Å²) in [6.45, 7) is 4.86. The van der Waals surface area contributed by atoms with Crippen molar-refractivity contribution in [3.8, 4) is 11.4 Å². The molecular weight excluding hydrogens is 381 g/mol. The predicted molar refractivity (Wildman–Crippen MR) is 103 cm³/mol. The van der Waals surface area contributed by atoms with Crippen molar-refractivity contribution in [3.63, 3.8) is 0 Å². The highest BCUT2D eigenvalue weighted by atomic mass is 35.5. The second kappa shape index (κ2) is 7.36. The van der Waals surface area contributed by atoms with Gasteiger partial charge in [0.05, 0.1) is 10.9 Å². The number of carbonyl (C=O) groups excluding carboxylic acids is 1. The van der Waals surface area contributed by atoms with Crippen LogP contribution in [-0.2, 0) is 11.3 Å². The molecule has 1 atom stereocenters. The van der Waals surface area contributed by atoms with Crippen molar-refractivity contribution in [2.24, 2.45) is 0 Å². The van der Waals surface area contributed by atoms with Crippen molar-refractivity contribution in [1.82, 2.24) is 15.0 Å². The van der Waals surface area contributed by atoms with Gasteiger partial charge < -0.3 is 9.42 Å². The highest BCUT2D eigenvalue weighted by Crippen LogP contribution is 2.31. The average Bonchev–Trinajstić information content (AvgIpc) is 3.28. The Balaban J connectivity index is 1.50. The van der Waals surface area contributed by atoms with Crippen LogP contribution in [-0.4, -0.2) is 27.5 Å².